The Hall–Kier alpha value is -1.52. The molecule has 1 aliphatic rings. The van der Waals surface area contributed by atoms with Crippen LogP contribution in [0.1, 0.15) is 75.2 Å². The molecular weight excluding hydrogens is 332 g/mol. The van der Waals surface area contributed by atoms with Gasteiger partial charge in [-0.3, -0.25) is 0 Å². The highest BCUT2D eigenvalue weighted by Gasteiger charge is 2.42. The lowest BCUT2D eigenvalue weighted by Gasteiger charge is -2.27. The van der Waals surface area contributed by atoms with Crippen LogP contribution in [0.5, 0.6) is 0 Å². The first-order valence-electron chi connectivity index (χ1n) is 9.20. The van der Waals surface area contributed by atoms with Gasteiger partial charge in [-0.15, -0.1) is 12.3 Å². The minimum absolute atomic E-state index is 0.00694. The molecule has 154 valence electrons. The van der Waals surface area contributed by atoms with Crippen molar-refractivity contribution in [1.82, 2.24) is 0 Å². The largest absolute Gasteiger partial charge is 0.875 e. The maximum Gasteiger partial charge on any atom is 0.0439 e. The molecule has 1 aliphatic carbocycles. The van der Waals surface area contributed by atoms with Crippen LogP contribution in [0.2, 0.25) is 0 Å². The van der Waals surface area contributed by atoms with E-state index in [4.69, 9.17) is 0 Å². The summed E-state index contributed by atoms with van der Waals surface area (Å²) in [5, 5.41) is 30.5. The molecule has 3 unspecified atom stereocenters. The van der Waals surface area contributed by atoms with Gasteiger partial charge >= 0.3 is 0 Å². The summed E-state index contributed by atoms with van der Waals surface area (Å²) in [5.74, 6) is -0.933. The van der Waals surface area contributed by atoms with Gasteiger partial charge in [-0.2, -0.15) is 0 Å². The minimum atomic E-state index is -0.991. The normalized spacial score (nSPS) is 24.0. The molecule has 1 saturated carbocycles. The third-order valence-corrected chi connectivity index (χ3v) is 5.16. The van der Waals surface area contributed by atoms with E-state index in [0.717, 1.165) is 6.42 Å². The van der Waals surface area contributed by atoms with Gasteiger partial charge in [-0.1, -0.05) is 62.3 Å². The van der Waals surface area contributed by atoms with Crippen LogP contribution in [0.4, 0.5) is 0 Å². The van der Waals surface area contributed by atoms with Crippen LogP contribution in [0.25, 0.3) is 0 Å². The summed E-state index contributed by atoms with van der Waals surface area (Å²) >= 11 is 0. The van der Waals surface area contributed by atoms with E-state index in [1.54, 1.807) is 13.8 Å². The average Bonchev–Trinajstić information content (AvgIpc) is 2.60. The van der Waals surface area contributed by atoms with E-state index in [0.29, 0.717) is 23.2 Å². The summed E-state index contributed by atoms with van der Waals surface area (Å²) in [4.78, 5) is 20.1. The third-order valence-electron chi connectivity index (χ3n) is 5.16. The van der Waals surface area contributed by atoms with E-state index < -0.39 is 11.9 Å². The highest BCUT2D eigenvalue weighted by atomic mass is 16.4. The fraction of sp³-hybridized carbons (Fsp3) is 0.810. The number of hydrogen-bond acceptors (Lipinski definition) is 5. The molecule has 0 aromatic carbocycles. The van der Waals surface area contributed by atoms with E-state index in [2.05, 4.69) is 34.3 Å². The Labute approximate surface area is 159 Å². The van der Waals surface area contributed by atoms with Crippen molar-refractivity contribution in [3.63, 3.8) is 0 Å². The predicted octanol–water partition coefficient (Wildman–Crippen LogP) is 1.74. The number of carboxylic acid groups (broad SMARTS) is 2. The van der Waals surface area contributed by atoms with E-state index >= 15 is 0 Å². The van der Waals surface area contributed by atoms with Crippen molar-refractivity contribution in [2.45, 2.75) is 75.2 Å². The standard InChI is InChI=1S/C11H20O2.C6H12O.C4H8O2/c1-7-6-11(3,4)8(2)9(7)5-10(12)13;1-5(7)6(2,3)4;1-3(2)4(5)6/h7-9H,5-6H2,1-4H3,(H,12,13);7H,1H2,2-4H3;3H,1-2H3,(H,5,6)/p-3. The van der Waals surface area contributed by atoms with Gasteiger partial charge in [0.25, 0.3) is 0 Å². The molecule has 26 heavy (non-hydrogen) atoms. The lowest BCUT2D eigenvalue weighted by atomic mass is 9.79. The highest BCUT2D eigenvalue weighted by molar-refractivity contribution is 5.66. The zero-order valence-electron chi connectivity index (χ0n) is 18.0. The van der Waals surface area contributed by atoms with Crippen LogP contribution in [0, 0.1) is 34.5 Å². The molecule has 1 fully saturated rings. The van der Waals surface area contributed by atoms with Crippen molar-refractivity contribution in [2.24, 2.45) is 34.5 Å². The number of allylic oxidation sites excluding steroid dienone is 1. The van der Waals surface area contributed by atoms with Crippen molar-refractivity contribution in [1.29, 1.82) is 0 Å². The fourth-order valence-electron chi connectivity index (χ4n) is 2.81. The van der Waals surface area contributed by atoms with Crippen LogP contribution in [0.15, 0.2) is 12.3 Å². The molecule has 0 heterocycles. The van der Waals surface area contributed by atoms with E-state index in [9.17, 15) is 24.9 Å². The molecule has 5 heteroatoms. The topological polar surface area (TPSA) is 103 Å². The molecule has 0 amide bonds. The first-order chi connectivity index (χ1) is 11.4. The monoisotopic (exact) mass is 369 g/mol. The van der Waals surface area contributed by atoms with Gasteiger partial charge in [0.2, 0.25) is 0 Å². The summed E-state index contributed by atoms with van der Waals surface area (Å²) in [6.45, 7) is 20.7. The summed E-state index contributed by atoms with van der Waals surface area (Å²) in [6, 6.07) is 0. The molecule has 0 bridgehead atoms. The smallest absolute Gasteiger partial charge is 0.0439 e. The summed E-state index contributed by atoms with van der Waals surface area (Å²) in [7, 11) is 0. The number of carbonyl (C=O) groups is 2. The number of rotatable bonds is 3. The molecule has 5 nitrogen and oxygen atoms in total. The van der Waals surface area contributed by atoms with Gasteiger partial charge in [-0.05, 0) is 47.3 Å². The molecule has 0 N–H and O–H groups in total. The molecular formula is C21H37O5-3. The predicted molar refractivity (Wildman–Crippen MR) is 98.3 cm³/mol. The molecule has 0 aromatic rings. The third kappa shape index (κ3) is 10.5. The molecule has 0 saturated heterocycles. The van der Waals surface area contributed by atoms with E-state index in [1.165, 1.54) is 0 Å². The maximum atomic E-state index is 10.5. The van der Waals surface area contributed by atoms with Crippen LogP contribution in [0.3, 0.4) is 0 Å². The van der Waals surface area contributed by atoms with Gasteiger partial charge in [0.15, 0.2) is 0 Å². The van der Waals surface area contributed by atoms with Gasteiger partial charge in [0.1, 0.15) is 0 Å². The summed E-state index contributed by atoms with van der Waals surface area (Å²) in [5.41, 5.74) is 0.0412. The van der Waals surface area contributed by atoms with Crippen LogP contribution in [-0.4, -0.2) is 11.9 Å². The SMILES string of the molecule is C=C([O-])C(C)(C)C.CC(C)C(=O)[O-].CC1CC(C)(C)C(C)C1CC(=O)[O-]. The maximum absolute atomic E-state index is 10.5. The quantitative estimate of drug-likeness (QED) is 0.705. The van der Waals surface area contributed by atoms with Gasteiger partial charge in [0, 0.05) is 11.9 Å². The van der Waals surface area contributed by atoms with Crippen molar-refractivity contribution in [3.8, 4) is 0 Å². The number of carbonyl (C=O) groups excluding carboxylic acids is 2. The van der Waals surface area contributed by atoms with E-state index in [-0.39, 0.29) is 23.5 Å². The van der Waals surface area contributed by atoms with Crippen molar-refractivity contribution >= 4 is 11.9 Å². The summed E-state index contributed by atoms with van der Waals surface area (Å²) < 4.78 is 0. The first-order valence-corrected chi connectivity index (χ1v) is 9.20. The molecule has 0 spiro atoms. The van der Waals surface area contributed by atoms with Crippen LogP contribution >= 0.6 is 0 Å². The second-order valence-electron chi connectivity index (χ2n) is 9.35. The Bertz CT molecular complexity index is 471. The molecule has 0 radical (unpaired) electrons. The Morgan fingerprint density at radius 1 is 1.12 bits per heavy atom. The molecule has 3 atom stereocenters. The lowest BCUT2D eigenvalue weighted by molar-refractivity contribution is -0.321. The Morgan fingerprint density at radius 3 is 1.62 bits per heavy atom. The number of aliphatic carboxylic acids is 2. The Balaban J connectivity index is 0. The minimum Gasteiger partial charge on any atom is -0.875 e. The Morgan fingerprint density at radius 2 is 1.46 bits per heavy atom. The zero-order chi connectivity index (χ0) is 21.5. The second-order valence-corrected chi connectivity index (χ2v) is 9.35. The highest BCUT2D eigenvalue weighted by Crippen LogP contribution is 2.50. The van der Waals surface area contributed by atoms with Crippen LogP contribution in [-0.2, 0) is 9.59 Å². The second kappa shape index (κ2) is 10.6. The lowest BCUT2D eigenvalue weighted by Crippen LogP contribution is -2.29. The fourth-order valence-corrected chi connectivity index (χ4v) is 2.81. The zero-order valence-corrected chi connectivity index (χ0v) is 18.0. The number of carboxylic acids is 2. The van der Waals surface area contributed by atoms with Crippen molar-refractivity contribution in [3.05, 3.63) is 12.3 Å². The number of hydrogen-bond donors (Lipinski definition) is 0. The van der Waals surface area contributed by atoms with Gasteiger partial charge < -0.3 is 24.9 Å². The van der Waals surface area contributed by atoms with Gasteiger partial charge in [0.05, 0.1) is 0 Å². The van der Waals surface area contributed by atoms with Crippen LogP contribution < -0.4 is 15.3 Å². The Kier molecular flexibility index (Phi) is 10.9. The van der Waals surface area contributed by atoms with Gasteiger partial charge in [-0.25, -0.2) is 0 Å². The average molecular weight is 370 g/mol. The van der Waals surface area contributed by atoms with Crippen molar-refractivity contribution in [2.75, 3.05) is 0 Å². The molecule has 0 aliphatic heterocycles. The van der Waals surface area contributed by atoms with E-state index in [1.807, 2.05) is 20.8 Å². The van der Waals surface area contributed by atoms with Crippen molar-refractivity contribution < 1.29 is 24.9 Å². The summed E-state index contributed by atoms with van der Waals surface area (Å²) in [6.07, 6.45) is 1.36. The molecule has 1 rings (SSSR count). The molecule has 0 aromatic heterocycles. The first kappa shape index (κ1) is 26.7.